The third-order valence-electron chi connectivity index (χ3n) is 5.01. The third-order valence-corrected chi connectivity index (χ3v) is 5.01. The summed E-state index contributed by atoms with van der Waals surface area (Å²) in [6.45, 7) is 7.34. The lowest BCUT2D eigenvalue weighted by Gasteiger charge is -2.36. The van der Waals surface area contributed by atoms with Gasteiger partial charge in [0.25, 0.3) is 0 Å². The van der Waals surface area contributed by atoms with Crippen LogP contribution < -0.4 is 14.7 Å². The van der Waals surface area contributed by atoms with Gasteiger partial charge in [0.05, 0.1) is 5.69 Å². The zero-order valence-corrected chi connectivity index (χ0v) is 14.7. The highest BCUT2D eigenvalue weighted by Crippen LogP contribution is 2.24. The molecule has 4 rings (SSSR count). The van der Waals surface area contributed by atoms with Gasteiger partial charge in [0.2, 0.25) is 5.95 Å². The van der Waals surface area contributed by atoms with Gasteiger partial charge in [0, 0.05) is 51.0 Å². The number of benzene rings is 1. The number of hydrogen-bond donors (Lipinski definition) is 0. The van der Waals surface area contributed by atoms with Gasteiger partial charge < -0.3 is 14.7 Å². The molecule has 2 saturated heterocycles. The second-order valence-electron chi connectivity index (χ2n) is 6.79. The fraction of sp³-hybridized carbons (Fsp3) is 0.474. The van der Waals surface area contributed by atoms with Crippen LogP contribution in [0.15, 0.2) is 30.3 Å². The summed E-state index contributed by atoms with van der Waals surface area (Å²) >= 11 is 0. The Kier molecular flexibility index (Phi) is 4.42. The van der Waals surface area contributed by atoms with Gasteiger partial charge in [-0.1, -0.05) is 12.1 Å². The molecule has 0 unspecified atom stereocenters. The van der Waals surface area contributed by atoms with Crippen molar-refractivity contribution in [2.75, 3.05) is 54.0 Å². The van der Waals surface area contributed by atoms with Crippen LogP contribution in [0.3, 0.4) is 0 Å². The fourth-order valence-electron chi connectivity index (χ4n) is 3.64. The van der Waals surface area contributed by atoms with E-state index >= 15 is 0 Å². The maximum Gasteiger partial charge on any atom is 0.227 e. The Morgan fingerprint density at radius 1 is 0.840 bits per heavy atom. The highest BCUT2D eigenvalue weighted by Gasteiger charge is 2.22. The molecule has 2 aliphatic heterocycles. The molecule has 0 radical (unpaired) electrons. The Hall–Kier alpha value is -2.37. The van der Waals surface area contributed by atoms with Gasteiger partial charge in [0.15, 0.2) is 0 Å². The van der Waals surface area contributed by atoms with E-state index in [1.807, 2.05) is 19.1 Å². The van der Waals surface area contributed by atoms with E-state index in [9.17, 15) is 4.39 Å². The number of aromatic nitrogens is 2. The van der Waals surface area contributed by atoms with Crippen molar-refractivity contribution in [1.82, 2.24) is 9.97 Å². The molecule has 2 aromatic rings. The minimum atomic E-state index is -0.154. The second-order valence-corrected chi connectivity index (χ2v) is 6.79. The lowest BCUT2D eigenvalue weighted by atomic mass is 10.2. The van der Waals surface area contributed by atoms with E-state index in [0.29, 0.717) is 5.69 Å². The maximum atomic E-state index is 14.0. The van der Waals surface area contributed by atoms with Crippen LogP contribution in [0.2, 0.25) is 0 Å². The first-order valence-electron chi connectivity index (χ1n) is 9.06. The average molecular weight is 341 g/mol. The SMILES string of the molecule is Cc1cc(N2CCCC2)nc(N2CCN(c3ccccc3F)CC2)n1. The van der Waals surface area contributed by atoms with E-state index in [-0.39, 0.29) is 5.82 Å². The smallest absolute Gasteiger partial charge is 0.227 e. The molecular weight excluding hydrogens is 317 g/mol. The van der Waals surface area contributed by atoms with Crippen LogP contribution in [0.5, 0.6) is 0 Å². The van der Waals surface area contributed by atoms with Gasteiger partial charge in [-0.25, -0.2) is 9.37 Å². The van der Waals surface area contributed by atoms with E-state index in [4.69, 9.17) is 4.98 Å². The molecule has 0 spiro atoms. The monoisotopic (exact) mass is 341 g/mol. The van der Waals surface area contributed by atoms with Gasteiger partial charge in [-0.05, 0) is 31.9 Å². The van der Waals surface area contributed by atoms with Crippen molar-refractivity contribution in [1.29, 1.82) is 0 Å². The Morgan fingerprint density at radius 2 is 1.52 bits per heavy atom. The van der Waals surface area contributed by atoms with Crippen LogP contribution >= 0.6 is 0 Å². The highest BCUT2D eigenvalue weighted by molar-refractivity contribution is 5.51. The quantitative estimate of drug-likeness (QED) is 0.858. The van der Waals surface area contributed by atoms with Crippen molar-refractivity contribution in [2.24, 2.45) is 0 Å². The molecule has 0 atom stereocenters. The molecule has 0 saturated carbocycles. The largest absolute Gasteiger partial charge is 0.366 e. The number of piperazine rings is 1. The molecule has 0 N–H and O–H groups in total. The Balaban J connectivity index is 1.48. The van der Waals surface area contributed by atoms with E-state index in [1.54, 1.807) is 6.07 Å². The number of anilines is 3. The van der Waals surface area contributed by atoms with Crippen molar-refractivity contribution in [2.45, 2.75) is 19.8 Å². The number of nitrogens with zero attached hydrogens (tertiary/aromatic N) is 5. The van der Waals surface area contributed by atoms with E-state index in [0.717, 1.165) is 56.7 Å². The van der Waals surface area contributed by atoms with Gasteiger partial charge in [-0.2, -0.15) is 4.98 Å². The van der Waals surface area contributed by atoms with Crippen molar-refractivity contribution in [3.05, 3.63) is 41.8 Å². The van der Waals surface area contributed by atoms with Crippen LogP contribution in [0.4, 0.5) is 21.8 Å². The molecule has 25 heavy (non-hydrogen) atoms. The summed E-state index contributed by atoms with van der Waals surface area (Å²) in [6, 6.07) is 9.06. The van der Waals surface area contributed by atoms with Crippen molar-refractivity contribution in [3.8, 4) is 0 Å². The minimum Gasteiger partial charge on any atom is -0.366 e. The second kappa shape index (κ2) is 6.86. The van der Waals surface area contributed by atoms with E-state index in [2.05, 4.69) is 25.8 Å². The molecular formula is C19H24FN5. The van der Waals surface area contributed by atoms with Crippen LogP contribution in [-0.4, -0.2) is 49.2 Å². The molecule has 1 aromatic heterocycles. The number of para-hydroxylation sites is 1. The molecule has 2 fully saturated rings. The average Bonchev–Trinajstić information content (AvgIpc) is 3.17. The Labute approximate surface area is 148 Å². The first kappa shape index (κ1) is 16.1. The number of halogens is 1. The van der Waals surface area contributed by atoms with Gasteiger partial charge >= 0.3 is 0 Å². The minimum absolute atomic E-state index is 0.154. The molecule has 0 bridgehead atoms. The number of rotatable bonds is 3. The normalized spacial score (nSPS) is 18.1. The molecule has 132 valence electrons. The number of hydrogen-bond acceptors (Lipinski definition) is 5. The lowest BCUT2D eigenvalue weighted by molar-refractivity contribution is 0.593. The topological polar surface area (TPSA) is 35.5 Å². The lowest BCUT2D eigenvalue weighted by Crippen LogP contribution is -2.47. The summed E-state index contributed by atoms with van der Waals surface area (Å²) in [5.74, 6) is 1.69. The summed E-state index contributed by atoms with van der Waals surface area (Å²) in [7, 11) is 0. The third kappa shape index (κ3) is 3.38. The van der Waals surface area contributed by atoms with Crippen LogP contribution in [-0.2, 0) is 0 Å². The van der Waals surface area contributed by atoms with Crippen LogP contribution in [0.1, 0.15) is 18.5 Å². The van der Waals surface area contributed by atoms with Gasteiger partial charge in [0.1, 0.15) is 11.6 Å². The van der Waals surface area contributed by atoms with Crippen molar-refractivity contribution >= 4 is 17.5 Å². The fourth-order valence-corrected chi connectivity index (χ4v) is 3.64. The molecule has 3 heterocycles. The summed E-state index contributed by atoms with van der Waals surface area (Å²) in [5.41, 5.74) is 1.69. The summed E-state index contributed by atoms with van der Waals surface area (Å²) in [4.78, 5) is 16.1. The first-order chi connectivity index (χ1) is 12.2. The van der Waals surface area contributed by atoms with Crippen molar-refractivity contribution < 1.29 is 4.39 Å². The zero-order chi connectivity index (χ0) is 17.2. The number of aryl methyl sites for hydroxylation is 1. The molecule has 1 aromatic carbocycles. The highest BCUT2D eigenvalue weighted by atomic mass is 19.1. The first-order valence-corrected chi connectivity index (χ1v) is 9.06. The predicted molar refractivity (Wildman–Crippen MR) is 99.0 cm³/mol. The molecule has 6 heteroatoms. The molecule has 0 amide bonds. The maximum absolute atomic E-state index is 14.0. The van der Waals surface area contributed by atoms with E-state index < -0.39 is 0 Å². The van der Waals surface area contributed by atoms with Crippen LogP contribution in [0.25, 0.3) is 0 Å². The van der Waals surface area contributed by atoms with Gasteiger partial charge in [-0.3, -0.25) is 0 Å². The van der Waals surface area contributed by atoms with Crippen LogP contribution in [0, 0.1) is 12.7 Å². The van der Waals surface area contributed by atoms with Gasteiger partial charge in [-0.15, -0.1) is 0 Å². The summed E-state index contributed by atoms with van der Waals surface area (Å²) in [6.07, 6.45) is 2.47. The zero-order valence-electron chi connectivity index (χ0n) is 14.7. The summed E-state index contributed by atoms with van der Waals surface area (Å²) < 4.78 is 14.0. The molecule has 2 aliphatic rings. The molecule has 5 nitrogen and oxygen atoms in total. The van der Waals surface area contributed by atoms with Crippen molar-refractivity contribution in [3.63, 3.8) is 0 Å². The Bertz CT molecular complexity index is 736. The molecule has 0 aliphatic carbocycles. The van der Waals surface area contributed by atoms with E-state index in [1.165, 1.54) is 18.9 Å². The predicted octanol–water partition coefficient (Wildman–Crippen LogP) is 2.85. The standard InChI is InChI=1S/C19H24FN5/c1-15-14-18(24-8-4-5-9-24)22-19(21-15)25-12-10-23(11-13-25)17-7-3-2-6-16(17)20/h2-3,6-7,14H,4-5,8-13H2,1H3. The Morgan fingerprint density at radius 3 is 2.24 bits per heavy atom. The summed E-state index contributed by atoms with van der Waals surface area (Å²) in [5, 5.41) is 0.